The lowest BCUT2D eigenvalue weighted by Crippen LogP contribution is -2.12. The van der Waals surface area contributed by atoms with Crippen LogP contribution in [0.4, 0.5) is 5.13 Å². The minimum atomic E-state index is -0.262. The lowest BCUT2D eigenvalue weighted by atomic mass is 10.2. The van der Waals surface area contributed by atoms with Crippen LogP contribution >= 0.6 is 11.3 Å². The second kappa shape index (κ2) is 6.97. The molecule has 0 aliphatic heterocycles. The Labute approximate surface area is 127 Å². The second-order valence-electron chi connectivity index (χ2n) is 4.35. The maximum atomic E-state index is 12.1. The van der Waals surface area contributed by atoms with Gasteiger partial charge in [-0.25, -0.2) is 4.98 Å². The molecule has 0 spiro atoms. The van der Waals surface area contributed by atoms with E-state index in [0.717, 1.165) is 10.6 Å². The predicted molar refractivity (Wildman–Crippen MR) is 82.4 cm³/mol. The standard InChI is InChI=1S/C15H15N3O2S/c1-10-11(2)21-15(17-10)18-14(20)13-7-12(8-16-9-13)5-3-4-6-19/h7-9,19H,4,6H2,1-2H3,(H,17,18,20). The topological polar surface area (TPSA) is 75.1 Å². The highest BCUT2D eigenvalue weighted by molar-refractivity contribution is 7.15. The molecule has 21 heavy (non-hydrogen) atoms. The van der Waals surface area contributed by atoms with Gasteiger partial charge in [0.15, 0.2) is 5.13 Å². The summed E-state index contributed by atoms with van der Waals surface area (Å²) in [5.41, 5.74) is 1.98. The summed E-state index contributed by atoms with van der Waals surface area (Å²) in [6.07, 6.45) is 3.47. The summed E-state index contributed by atoms with van der Waals surface area (Å²) >= 11 is 1.44. The van der Waals surface area contributed by atoms with E-state index in [0.29, 0.717) is 22.7 Å². The fraction of sp³-hybridized carbons (Fsp3) is 0.267. The van der Waals surface area contributed by atoms with Crippen LogP contribution in [0.15, 0.2) is 18.5 Å². The number of amides is 1. The Balaban J connectivity index is 2.12. The van der Waals surface area contributed by atoms with Crippen LogP contribution in [0.1, 0.15) is 32.9 Å². The zero-order chi connectivity index (χ0) is 15.2. The molecule has 5 nitrogen and oxygen atoms in total. The highest BCUT2D eigenvalue weighted by Crippen LogP contribution is 2.21. The number of pyridine rings is 1. The number of aliphatic hydroxyl groups excluding tert-OH is 1. The van der Waals surface area contributed by atoms with E-state index in [2.05, 4.69) is 27.1 Å². The van der Waals surface area contributed by atoms with Crippen LogP contribution in [0.25, 0.3) is 0 Å². The summed E-state index contributed by atoms with van der Waals surface area (Å²) in [4.78, 5) is 21.5. The first kappa shape index (κ1) is 15.2. The predicted octanol–water partition coefficient (Wildman–Crippen LogP) is 2.14. The van der Waals surface area contributed by atoms with Gasteiger partial charge in [-0.3, -0.25) is 15.1 Å². The molecule has 2 aromatic rings. The average molecular weight is 301 g/mol. The third kappa shape index (κ3) is 4.12. The van der Waals surface area contributed by atoms with Gasteiger partial charge in [-0.1, -0.05) is 11.8 Å². The lowest BCUT2D eigenvalue weighted by molar-refractivity contribution is 0.102. The molecule has 2 N–H and O–H groups in total. The molecular weight excluding hydrogens is 286 g/mol. The molecular formula is C15H15N3O2S. The van der Waals surface area contributed by atoms with E-state index in [4.69, 9.17) is 5.11 Å². The zero-order valence-electron chi connectivity index (χ0n) is 11.8. The van der Waals surface area contributed by atoms with Crippen LogP contribution in [-0.4, -0.2) is 27.6 Å². The minimum absolute atomic E-state index is 0.0172. The fourth-order valence-corrected chi connectivity index (χ4v) is 2.36. The van der Waals surface area contributed by atoms with Gasteiger partial charge in [0.2, 0.25) is 0 Å². The van der Waals surface area contributed by atoms with Crippen molar-refractivity contribution in [1.29, 1.82) is 0 Å². The first-order valence-corrected chi connectivity index (χ1v) is 7.22. The first-order valence-electron chi connectivity index (χ1n) is 6.40. The average Bonchev–Trinajstić information content (AvgIpc) is 2.78. The van der Waals surface area contributed by atoms with Crippen molar-refractivity contribution < 1.29 is 9.90 Å². The van der Waals surface area contributed by atoms with Gasteiger partial charge in [-0.05, 0) is 19.9 Å². The molecule has 0 atom stereocenters. The molecule has 0 fully saturated rings. The van der Waals surface area contributed by atoms with Crippen LogP contribution in [0.3, 0.4) is 0 Å². The summed E-state index contributed by atoms with van der Waals surface area (Å²) in [7, 11) is 0. The molecule has 0 radical (unpaired) electrons. The molecule has 2 aromatic heterocycles. The third-order valence-electron chi connectivity index (χ3n) is 2.72. The number of nitrogens with zero attached hydrogens (tertiary/aromatic N) is 2. The number of nitrogens with one attached hydrogen (secondary N) is 1. The second-order valence-corrected chi connectivity index (χ2v) is 5.56. The molecule has 0 unspecified atom stereocenters. The molecule has 0 aliphatic rings. The van der Waals surface area contributed by atoms with Crippen molar-refractivity contribution in [3.63, 3.8) is 0 Å². The quantitative estimate of drug-likeness (QED) is 0.852. The zero-order valence-corrected chi connectivity index (χ0v) is 12.6. The summed E-state index contributed by atoms with van der Waals surface area (Å²) in [6.45, 7) is 3.88. The SMILES string of the molecule is Cc1nc(NC(=O)c2cncc(C#CCCO)c2)sc1C. The number of aryl methyl sites for hydroxylation is 2. The highest BCUT2D eigenvalue weighted by Gasteiger charge is 2.10. The Morgan fingerprint density at radius 1 is 1.43 bits per heavy atom. The van der Waals surface area contributed by atoms with Gasteiger partial charge in [0, 0.05) is 29.3 Å². The van der Waals surface area contributed by atoms with E-state index < -0.39 is 0 Å². The normalized spacial score (nSPS) is 9.86. The molecule has 0 saturated heterocycles. The molecule has 0 saturated carbocycles. The first-order chi connectivity index (χ1) is 10.1. The Kier molecular flexibility index (Phi) is 5.04. The Hall–Kier alpha value is -2.23. The van der Waals surface area contributed by atoms with E-state index in [1.165, 1.54) is 17.5 Å². The van der Waals surface area contributed by atoms with Crippen LogP contribution in [0.5, 0.6) is 0 Å². The van der Waals surface area contributed by atoms with E-state index in [9.17, 15) is 4.79 Å². The van der Waals surface area contributed by atoms with Gasteiger partial charge in [0.1, 0.15) is 0 Å². The van der Waals surface area contributed by atoms with Crippen LogP contribution in [0.2, 0.25) is 0 Å². The number of aromatic nitrogens is 2. The van der Waals surface area contributed by atoms with Gasteiger partial charge >= 0.3 is 0 Å². The Bertz CT molecular complexity index is 694. The number of hydrogen-bond acceptors (Lipinski definition) is 5. The molecule has 108 valence electrons. The smallest absolute Gasteiger partial charge is 0.259 e. The van der Waals surface area contributed by atoms with Crippen molar-refractivity contribution in [3.8, 4) is 11.8 Å². The summed E-state index contributed by atoms with van der Waals surface area (Å²) in [6, 6.07) is 1.67. The number of anilines is 1. The summed E-state index contributed by atoms with van der Waals surface area (Å²) in [5.74, 6) is 5.39. The van der Waals surface area contributed by atoms with Gasteiger partial charge in [-0.2, -0.15) is 0 Å². The van der Waals surface area contributed by atoms with Gasteiger partial charge in [0.25, 0.3) is 5.91 Å². The van der Waals surface area contributed by atoms with Crippen LogP contribution in [-0.2, 0) is 0 Å². The van der Waals surface area contributed by atoms with Crippen molar-refractivity contribution >= 4 is 22.4 Å². The molecule has 2 heterocycles. The molecule has 2 rings (SSSR count). The number of aliphatic hydroxyl groups is 1. The number of hydrogen-bond donors (Lipinski definition) is 2. The number of rotatable bonds is 3. The van der Waals surface area contributed by atoms with E-state index in [-0.39, 0.29) is 12.5 Å². The highest BCUT2D eigenvalue weighted by atomic mass is 32.1. The lowest BCUT2D eigenvalue weighted by Gasteiger charge is -2.01. The molecule has 0 aliphatic carbocycles. The summed E-state index contributed by atoms with van der Waals surface area (Å²) in [5, 5.41) is 12.0. The van der Waals surface area contributed by atoms with Gasteiger partial charge < -0.3 is 5.11 Å². The maximum Gasteiger partial charge on any atom is 0.259 e. The van der Waals surface area contributed by atoms with Crippen LogP contribution in [0, 0.1) is 25.7 Å². The van der Waals surface area contributed by atoms with Gasteiger partial charge in [-0.15, -0.1) is 11.3 Å². The van der Waals surface area contributed by atoms with Crippen molar-refractivity contribution in [3.05, 3.63) is 40.2 Å². The van der Waals surface area contributed by atoms with Crippen molar-refractivity contribution in [2.45, 2.75) is 20.3 Å². The summed E-state index contributed by atoms with van der Waals surface area (Å²) < 4.78 is 0. The number of carbonyl (C=O) groups excluding carboxylic acids is 1. The maximum absolute atomic E-state index is 12.1. The van der Waals surface area contributed by atoms with E-state index in [1.807, 2.05) is 13.8 Å². The number of thiazole rings is 1. The van der Waals surface area contributed by atoms with Gasteiger partial charge in [0.05, 0.1) is 17.9 Å². The van der Waals surface area contributed by atoms with Crippen molar-refractivity contribution in [2.24, 2.45) is 0 Å². The van der Waals surface area contributed by atoms with Crippen molar-refractivity contribution in [2.75, 3.05) is 11.9 Å². The largest absolute Gasteiger partial charge is 0.395 e. The fourth-order valence-electron chi connectivity index (χ4n) is 1.55. The Morgan fingerprint density at radius 2 is 2.24 bits per heavy atom. The third-order valence-corrected chi connectivity index (χ3v) is 3.71. The monoisotopic (exact) mass is 301 g/mol. The molecule has 6 heteroatoms. The molecule has 0 aromatic carbocycles. The molecule has 1 amide bonds. The Morgan fingerprint density at radius 3 is 2.90 bits per heavy atom. The minimum Gasteiger partial charge on any atom is -0.395 e. The molecule has 0 bridgehead atoms. The van der Waals surface area contributed by atoms with Crippen molar-refractivity contribution in [1.82, 2.24) is 9.97 Å². The van der Waals surface area contributed by atoms with E-state index in [1.54, 1.807) is 12.3 Å². The van der Waals surface area contributed by atoms with Crippen LogP contribution < -0.4 is 5.32 Å². The number of carbonyl (C=O) groups is 1. The van der Waals surface area contributed by atoms with E-state index >= 15 is 0 Å².